The molecule has 0 saturated heterocycles. The first-order chi connectivity index (χ1) is 14.5. The molecule has 0 N–H and O–H groups in total. The molecule has 1 atom stereocenters. The molecule has 1 nitrogen and oxygen atoms in total. The van der Waals surface area contributed by atoms with Gasteiger partial charge in [0, 0.05) is 5.92 Å². The topological polar surface area (TPSA) is 9.23 Å². The van der Waals surface area contributed by atoms with Gasteiger partial charge in [0.15, 0.2) is 0 Å². The van der Waals surface area contributed by atoms with Gasteiger partial charge in [-0.25, -0.2) is 0 Å². The van der Waals surface area contributed by atoms with E-state index in [1.807, 2.05) is 12.2 Å². The summed E-state index contributed by atoms with van der Waals surface area (Å²) in [5.41, 5.74) is 6.38. The van der Waals surface area contributed by atoms with Crippen molar-refractivity contribution < 1.29 is 4.74 Å². The van der Waals surface area contributed by atoms with E-state index in [2.05, 4.69) is 77.3 Å². The summed E-state index contributed by atoms with van der Waals surface area (Å²) in [6, 6.07) is 0. The number of hydrogen-bond acceptors (Lipinski definition) is 1. The molecule has 1 unspecified atom stereocenters. The molecule has 0 aromatic carbocycles. The maximum Gasteiger partial charge on any atom is 0.118 e. The van der Waals surface area contributed by atoms with Crippen LogP contribution < -0.4 is 0 Å². The highest BCUT2D eigenvalue weighted by atomic mass is 16.5. The summed E-state index contributed by atoms with van der Waals surface area (Å²) < 4.78 is 5.76. The molecule has 30 heavy (non-hydrogen) atoms. The van der Waals surface area contributed by atoms with Crippen LogP contribution in [0.2, 0.25) is 0 Å². The highest BCUT2D eigenvalue weighted by Gasteiger charge is 2.14. The molecular formula is C29H42O. The van der Waals surface area contributed by atoms with E-state index in [0.717, 1.165) is 30.6 Å². The normalized spacial score (nSPS) is 16.5. The average Bonchev–Trinajstić information content (AvgIpc) is 2.89. The van der Waals surface area contributed by atoms with Crippen molar-refractivity contribution in [1.29, 1.82) is 0 Å². The fraction of sp³-hybridized carbons (Fsp3) is 0.448. The zero-order valence-corrected chi connectivity index (χ0v) is 20.0. The summed E-state index contributed by atoms with van der Waals surface area (Å²) in [5, 5.41) is 0. The number of rotatable bonds is 13. The van der Waals surface area contributed by atoms with Crippen LogP contribution in [0.15, 0.2) is 95.4 Å². The summed E-state index contributed by atoms with van der Waals surface area (Å²) in [5.74, 6) is 1.39. The fourth-order valence-corrected chi connectivity index (χ4v) is 3.91. The van der Waals surface area contributed by atoms with Crippen molar-refractivity contribution in [2.45, 2.75) is 72.6 Å². The Balaban J connectivity index is 2.91. The lowest BCUT2D eigenvalue weighted by molar-refractivity contribution is 0.299. The molecular weight excluding hydrogens is 364 g/mol. The van der Waals surface area contributed by atoms with Gasteiger partial charge in [0.05, 0.1) is 7.11 Å². The van der Waals surface area contributed by atoms with Gasteiger partial charge in [-0.15, -0.1) is 0 Å². The van der Waals surface area contributed by atoms with E-state index in [1.54, 1.807) is 7.11 Å². The molecule has 1 aliphatic carbocycles. The largest absolute Gasteiger partial charge is 0.497 e. The predicted molar refractivity (Wildman–Crippen MR) is 134 cm³/mol. The first-order valence-electron chi connectivity index (χ1n) is 11.4. The lowest BCUT2D eigenvalue weighted by Gasteiger charge is -2.14. The van der Waals surface area contributed by atoms with E-state index in [1.165, 1.54) is 48.0 Å². The molecule has 0 fully saturated rings. The molecule has 1 rings (SSSR count). The maximum atomic E-state index is 5.76. The summed E-state index contributed by atoms with van der Waals surface area (Å²) in [4.78, 5) is 0. The first-order valence-corrected chi connectivity index (χ1v) is 11.4. The van der Waals surface area contributed by atoms with E-state index in [9.17, 15) is 0 Å². The van der Waals surface area contributed by atoms with Crippen LogP contribution in [-0.4, -0.2) is 7.11 Å². The number of methoxy groups -OCH3 is 1. The molecule has 0 saturated carbocycles. The Kier molecular flexibility index (Phi) is 12.6. The van der Waals surface area contributed by atoms with Gasteiger partial charge < -0.3 is 4.74 Å². The van der Waals surface area contributed by atoms with Crippen LogP contribution in [0.5, 0.6) is 0 Å². The smallest absolute Gasteiger partial charge is 0.118 e. The molecule has 0 bridgehead atoms. The van der Waals surface area contributed by atoms with Crippen LogP contribution in [0.3, 0.4) is 0 Å². The van der Waals surface area contributed by atoms with Gasteiger partial charge in [-0.05, 0) is 93.2 Å². The quantitative estimate of drug-likeness (QED) is 0.168. The third kappa shape index (κ3) is 8.61. The molecule has 1 heteroatoms. The number of ether oxygens (including phenoxy) is 1. The van der Waals surface area contributed by atoms with Gasteiger partial charge in [0.1, 0.15) is 5.76 Å². The molecule has 0 aromatic rings. The van der Waals surface area contributed by atoms with Crippen molar-refractivity contribution in [2.75, 3.05) is 7.11 Å². The monoisotopic (exact) mass is 406 g/mol. The number of unbranched alkanes of at least 4 members (excludes halogenated alkanes) is 3. The Morgan fingerprint density at radius 1 is 1.27 bits per heavy atom. The molecule has 0 aromatic heterocycles. The first kappa shape index (κ1) is 25.8. The predicted octanol–water partition coefficient (Wildman–Crippen LogP) is 8.96. The lowest BCUT2D eigenvalue weighted by Crippen LogP contribution is -1.98. The van der Waals surface area contributed by atoms with Gasteiger partial charge >= 0.3 is 0 Å². The molecule has 164 valence electrons. The Morgan fingerprint density at radius 2 is 2.03 bits per heavy atom. The maximum absolute atomic E-state index is 5.76. The van der Waals surface area contributed by atoms with Crippen molar-refractivity contribution in [3.05, 3.63) is 95.4 Å². The van der Waals surface area contributed by atoms with E-state index in [4.69, 9.17) is 4.74 Å². The molecule has 0 aliphatic heterocycles. The number of hydrogen-bond donors (Lipinski definition) is 0. The highest BCUT2D eigenvalue weighted by Crippen LogP contribution is 2.31. The van der Waals surface area contributed by atoms with Crippen molar-refractivity contribution in [3.8, 4) is 0 Å². The Hall–Kier alpha value is -2.28. The van der Waals surface area contributed by atoms with Gasteiger partial charge in [-0.3, -0.25) is 0 Å². The van der Waals surface area contributed by atoms with Crippen molar-refractivity contribution >= 4 is 0 Å². The van der Waals surface area contributed by atoms with Crippen LogP contribution in [0, 0.1) is 5.92 Å². The van der Waals surface area contributed by atoms with Crippen LogP contribution in [0.1, 0.15) is 72.6 Å². The zero-order valence-electron chi connectivity index (χ0n) is 20.0. The van der Waals surface area contributed by atoms with E-state index in [0.29, 0.717) is 5.92 Å². The zero-order chi connectivity index (χ0) is 22.4. The van der Waals surface area contributed by atoms with E-state index < -0.39 is 0 Å². The minimum Gasteiger partial charge on any atom is -0.497 e. The van der Waals surface area contributed by atoms with Gasteiger partial charge in [-0.2, -0.15) is 0 Å². The summed E-state index contributed by atoms with van der Waals surface area (Å²) in [7, 11) is 1.79. The van der Waals surface area contributed by atoms with Gasteiger partial charge in [0.25, 0.3) is 0 Å². The Labute approximate surface area is 186 Å². The van der Waals surface area contributed by atoms with Crippen LogP contribution >= 0.6 is 0 Å². The number of allylic oxidation sites excluding steroid dienone is 13. The van der Waals surface area contributed by atoms with Gasteiger partial charge in [-0.1, -0.05) is 69.0 Å². The standard InChI is InChI=1S/C29H42O/c1-8-11-13-14-15-16-18-27-19-20-28(25(6)22-29(27)30-7)24(5)21-23(4)26(10-3)17-12-9-2/h8-9,11-12,17,20-22,26H,2,4,10,13-16,18-19H2,1,3,5-7H3. The van der Waals surface area contributed by atoms with Crippen LogP contribution in [0.4, 0.5) is 0 Å². The molecule has 0 spiro atoms. The second kappa shape index (κ2) is 14.7. The van der Waals surface area contributed by atoms with Crippen molar-refractivity contribution in [1.82, 2.24) is 0 Å². The average molecular weight is 407 g/mol. The Bertz CT molecular complexity index is 749. The summed E-state index contributed by atoms with van der Waals surface area (Å²) in [6.45, 7) is 16.8. The minimum absolute atomic E-state index is 0.347. The lowest BCUT2D eigenvalue weighted by atomic mass is 9.91. The van der Waals surface area contributed by atoms with E-state index >= 15 is 0 Å². The SMILES string of the molecule is C=CC=CC(CC)C(=C)C=C(C)C1=CCC(CCCCCC=CC)=C(OC)C=C1C. The fourth-order valence-electron chi connectivity index (χ4n) is 3.91. The third-order valence-electron chi connectivity index (χ3n) is 5.70. The second-order valence-corrected chi connectivity index (χ2v) is 8.03. The van der Waals surface area contributed by atoms with Crippen molar-refractivity contribution in [3.63, 3.8) is 0 Å². The van der Waals surface area contributed by atoms with Crippen LogP contribution in [-0.2, 0) is 4.74 Å². The van der Waals surface area contributed by atoms with Gasteiger partial charge in [0.2, 0.25) is 0 Å². The minimum atomic E-state index is 0.347. The molecule has 0 radical (unpaired) electrons. The summed E-state index contributed by atoms with van der Waals surface area (Å²) >= 11 is 0. The third-order valence-corrected chi connectivity index (χ3v) is 5.70. The molecule has 1 aliphatic rings. The van der Waals surface area contributed by atoms with Crippen LogP contribution in [0.25, 0.3) is 0 Å². The van der Waals surface area contributed by atoms with Crippen molar-refractivity contribution in [2.24, 2.45) is 5.92 Å². The second-order valence-electron chi connectivity index (χ2n) is 8.03. The Morgan fingerprint density at radius 3 is 2.67 bits per heavy atom. The van der Waals surface area contributed by atoms with E-state index in [-0.39, 0.29) is 0 Å². The summed E-state index contributed by atoms with van der Waals surface area (Å²) in [6.07, 6.45) is 25.3. The highest BCUT2D eigenvalue weighted by molar-refractivity contribution is 5.51. The molecule has 0 heterocycles. The molecule has 0 amide bonds.